The van der Waals surface area contributed by atoms with Crippen LogP contribution in [0.15, 0.2) is 30.6 Å². The number of nitrogens with two attached hydrogens (primary N) is 1. The molecule has 1 aliphatic heterocycles. The summed E-state index contributed by atoms with van der Waals surface area (Å²) in [7, 11) is 1.79. The number of morpholine rings is 1. The van der Waals surface area contributed by atoms with E-state index in [0.29, 0.717) is 23.0 Å². The average molecular weight is 377 g/mol. The predicted octanol–water partition coefficient (Wildman–Crippen LogP) is 1.19. The van der Waals surface area contributed by atoms with E-state index in [-0.39, 0.29) is 0 Å². The highest BCUT2D eigenvalue weighted by atomic mass is 16.5. The van der Waals surface area contributed by atoms with E-state index in [1.54, 1.807) is 23.8 Å². The lowest BCUT2D eigenvalue weighted by Crippen LogP contribution is -2.36. The molecule has 1 fully saturated rings. The number of pyridine rings is 2. The summed E-state index contributed by atoms with van der Waals surface area (Å²) >= 11 is 0. The van der Waals surface area contributed by atoms with Gasteiger partial charge in [-0.25, -0.2) is 14.5 Å². The Labute approximate surface area is 160 Å². The van der Waals surface area contributed by atoms with Gasteiger partial charge in [0.15, 0.2) is 17.3 Å². The molecular formula is C18H19N9O. The van der Waals surface area contributed by atoms with E-state index in [9.17, 15) is 0 Å². The fourth-order valence-electron chi connectivity index (χ4n) is 3.40. The monoisotopic (exact) mass is 377 g/mol. The molecule has 0 bridgehead atoms. The minimum atomic E-state index is 0.334. The highest BCUT2D eigenvalue weighted by Crippen LogP contribution is 2.29. The molecule has 142 valence electrons. The van der Waals surface area contributed by atoms with Crippen molar-refractivity contribution in [3.8, 4) is 11.4 Å². The predicted molar refractivity (Wildman–Crippen MR) is 106 cm³/mol. The molecule has 0 aromatic carbocycles. The molecule has 1 aliphatic rings. The minimum Gasteiger partial charge on any atom is -0.382 e. The lowest BCUT2D eigenvalue weighted by Gasteiger charge is -2.28. The van der Waals surface area contributed by atoms with Gasteiger partial charge in [-0.05, 0) is 18.2 Å². The SMILES string of the molecule is CNc1ncc(-c2nc3ccc(N4CCOCC4)cn3n2)c2cc(N)nnc12. The number of anilines is 3. The number of nitrogen functional groups attached to an aromatic ring is 1. The van der Waals surface area contributed by atoms with Crippen LogP contribution in [0.5, 0.6) is 0 Å². The summed E-state index contributed by atoms with van der Waals surface area (Å²) in [5.41, 5.74) is 9.10. The lowest BCUT2D eigenvalue weighted by molar-refractivity contribution is 0.122. The van der Waals surface area contributed by atoms with Crippen molar-refractivity contribution in [1.29, 1.82) is 0 Å². The smallest absolute Gasteiger partial charge is 0.184 e. The molecule has 10 heteroatoms. The first-order chi connectivity index (χ1) is 13.7. The Morgan fingerprint density at radius 3 is 2.86 bits per heavy atom. The topological polar surface area (TPSA) is 119 Å². The van der Waals surface area contributed by atoms with Crippen molar-refractivity contribution in [1.82, 2.24) is 29.8 Å². The zero-order valence-electron chi connectivity index (χ0n) is 15.3. The van der Waals surface area contributed by atoms with Crippen molar-refractivity contribution >= 4 is 33.9 Å². The van der Waals surface area contributed by atoms with Gasteiger partial charge in [-0.2, -0.15) is 0 Å². The van der Waals surface area contributed by atoms with Crippen LogP contribution in [0.25, 0.3) is 27.9 Å². The number of rotatable bonds is 3. The van der Waals surface area contributed by atoms with E-state index in [4.69, 9.17) is 10.5 Å². The number of fused-ring (bicyclic) bond motifs is 2. The summed E-state index contributed by atoms with van der Waals surface area (Å²) in [6.07, 6.45) is 3.72. The second-order valence-electron chi connectivity index (χ2n) is 6.53. The first kappa shape index (κ1) is 16.6. The van der Waals surface area contributed by atoms with E-state index >= 15 is 0 Å². The number of ether oxygens (including phenoxy) is 1. The molecule has 4 aromatic rings. The molecule has 0 unspecified atom stereocenters. The molecule has 0 saturated carbocycles. The van der Waals surface area contributed by atoms with Crippen LogP contribution in [0.3, 0.4) is 0 Å². The first-order valence-corrected chi connectivity index (χ1v) is 9.02. The lowest BCUT2D eigenvalue weighted by atomic mass is 10.1. The van der Waals surface area contributed by atoms with Crippen LogP contribution < -0.4 is 16.0 Å². The zero-order valence-corrected chi connectivity index (χ0v) is 15.3. The summed E-state index contributed by atoms with van der Waals surface area (Å²) in [5, 5.41) is 16.6. The average Bonchev–Trinajstić information content (AvgIpc) is 3.16. The zero-order chi connectivity index (χ0) is 19.1. The van der Waals surface area contributed by atoms with Gasteiger partial charge in [-0.1, -0.05) is 0 Å². The molecule has 5 heterocycles. The van der Waals surface area contributed by atoms with E-state index in [1.165, 1.54) is 0 Å². The third kappa shape index (κ3) is 2.74. The number of aromatic nitrogens is 6. The molecule has 0 atom stereocenters. The molecule has 3 N–H and O–H groups in total. The van der Waals surface area contributed by atoms with Gasteiger partial charge in [-0.3, -0.25) is 0 Å². The van der Waals surface area contributed by atoms with Crippen LogP contribution in [-0.2, 0) is 4.74 Å². The highest BCUT2D eigenvalue weighted by molar-refractivity contribution is 5.98. The second kappa shape index (κ2) is 6.57. The summed E-state index contributed by atoms with van der Waals surface area (Å²) in [4.78, 5) is 11.4. The Kier molecular flexibility index (Phi) is 3.90. The maximum absolute atomic E-state index is 5.86. The molecule has 0 amide bonds. The van der Waals surface area contributed by atoms with Crippen molar-refractivity contribution in [2.75, 3.05) is 49.3 Å². The first-order valence-electron chi connectivity index (χ1n) is 9.02. The highest BCUT2D eigenvalue weighted by Gasteiger charge is 2.16. The molecule has 4 aromatic heterocycles. The molecular weight excluding hydrogens is 358 g/mol. The van der Waals surface area contributed by atoms with E-state index in [1.807, 2.05) is 12.3 Å². The quantitative estimate of drug-likeness (QED) is 0.542. The number of hydrogen-bond acceptors (Lipinski definition) is 9. The van der Waals surface area contributed by atoms with Gasteiger partial charge in [0.2, 0.25) is 0 Å². The number of hydrogen-bond donors (Lipinski definition) is 2. The van der Waals surface area contributed by atoms with Crippen molar-refractivity contribution in [3.63, 3.8) is 0 Å². The van der Waals surface area contributed by atoms with Crippen LogP contribution in [0.1, 0.15) is 0 Å². The molecule has 5 rings (SSSR count). The van der Waals surface area contributed by atoms with Crippen LogP contribution in [-0.4, -0.2) is 63.1 Å². The largest absolute Gasteiger partial charge is 0.382 e. The maximum atomic E-state index is 5.86. The van der Waals surface area contributed by atoms with Crippen molar-refractivity contribution in [2.45, 2.75) is 0 Å². The van der Waals surface area contributed by atoms with Gasteiger partial charge in [0.05, 0.1) is 25.1 Å². The van der Waals surface area contributed by atoms with Crippen molar-refractivity contribution in [2.24, 2.45) is 0 Å². The standard InChI is InChI=1S/C18H19N9O/c1-20-18-16-12(8-14(19)23-24-16)13(9-21-18)17-22-15-3-2-11(10-27(15)25-17)26-4-6-28-7-5-26/h2-3,8-10H,4-7H2,1H3,(H2,19,23)(H,20,21). The maximum Gasteiger partial charge on any atom is 0.184 e. The minimum absolute atomic E-state index is 0.334. The summed E-state index contributed by atoms with van der Waals surface area (Å²) in [5.74, 6) is 1.52. The molecule has 0 aliphatic carbocycles. The Morgan fingerprint density at radius 2 is 2.04 bits per heavy atom. The summed E-state index contributed by atoms with van der Waals surface area (Å²) in [6, 6.07) is 5.79. The van der Waals surface area contributed by atoms with Gasteiger partial charge in [-0.15, -0.1) is 15.3 Å². The Morgan fingerprint density at radius 1 is 1.18 bits per heavy atom. The Bertz CT molecular complexity index is 1170. The molecule has 28 heavy (non-hydrogen) atoms. The van der Waals surface area contributed by atoms with Crippen molar-refractivity contribution < 1.29 is 4.74 Å². The Hall–Kier alpha value is -3.53. The van der Waals surface area contributed by atoms with Crippen LogP contribution >= 0.6 is 0 Å². The Balaban J connectivity index is 1.62. The fourth-order valence-corrected chi connectivity index (χ4v) is 3.40. The second-order valence-corrected chi connectivity index (χ2v) is 6.53. The van der Waals surface area contributed by atoms with E-state index in [2.05, 4.69) is 41.5 Å². The normalized spacial score (nSPS) is 14.7. The van der Waals surface area contributed by atoms with E-state index in [0.717, 1.165) is 48.6 Å². The van der Waals surface area contributed by atoms with Gasteiger partial charge in [0.25, 0.3) is 0 Å². The van der Waals surface area contributed by atoms with Gasteiger partial charge < -0.3 is 20.7 Å². The molecule has 10 nitrogen and oxygen atoms in total. The summed E-state index contributed by atoms with van der Waals surface area (Å²) < 4.78 is 7.22. The fraction of sp³-hybridized carbons (Fsp3) is 0.278. The van der Waals surface area contributed by atoms with Crippen molar-refractivity contribution in [3.05, 3.63) is 30.6 Å². The molecule has 0 spiro atoms. The molecule has 0 radical (unpaired) electrons. The third-order valence-electron chi connectivity index (χ3n) is 4.82. The third-order valence-corrected chi connectivity index (χ3v) is 4.82. The summed E-state index contributed by atoms with van der Waals surface area (Å²) in [6.45, 7) is 3.20. The molecule has 1 saturated heterocycles. The van der Waals surface area contributed by atoms with Gasteiger partial charge >= 0.3 is 0 Å². The van der Waals surface area contributed by atoms with E-state index < -0.39 is 0 Å². The van der Waals surface area contributed by atoms with Crippen LogP contribution in [0.4, 0.5) is 17.3 Å². The number of nitrogens with one attached hydrogen (secondary N) is 1. The van der Waals surface area contributed by atoms with Crippen LogP contribution in [0.2, 0.25) is 0 Å². The number of nitrogens with zero attached hydrogens (tertiary/aromatic N) is 7. The van der Waals surface area contributed by atoms with Gasteiger partial charge in [0.1, 0.15) is 11.3 Å². The van der Waals surface area contributed by atoms with Crippen LogP contribution in [0, 0.1) is 0 Å². The van der Waals surface area contributed by atoms with Gasteiger partial charge in [0, 0.05) is 37.3 Å².